The van der Waals surface area contributed by atoms with Gasteiger partial charge in [0.05, 0.1) is 19.4 Å². The van der Waals surface area contributed by atoms with E-state index in [0.29, 0.717) is 16.1 Å². The van der Waals surface area contributed by atoms with E-state index in [0.717, 1.165) is 25.9 Å². The maximum atomic E-state index is 12.1. The molecule has 1 aromatic heterocycles. The molecular formula is C14H18N6O3S2. The first kappa shape index (κ1) is 17.8. The van der Waals surface area contributed by atoms with Gasteiger partial charge < -0.3 is 15.0 Å². The van der Waals surface area contributed by atoms with Gasteiger partial charge in [-0.2, -0.15) is 15.0 Å². The quantitative estimate of drug-likeness (QED) is 0.679. The van der Waals surface area contributed by atoms with Crippen LogP contribution >= 0.6 is 24.0 Å². The van der Waals surface area contributed by atoms with Gasteiger partial charge in [0.1, 0.15) is 10.9 Å². The van der Waals surface area contributed by atoms with Crippen molar-refractivity contribution >= 4 is 46.1 Å². The zero-order valence-corrected chi connectivity index (χ0v) is 15.4. The Hall–Kier alpha value is -2.01. The number of hydrogen-bond donors (Lipinski definition) is 1. The number of ether oxygens (including phenoxy) is 1. The summed E-state index contributed by atoms with van der Waals surface area (Å²) in [6, 6.07) is 0.216. The first-order valence-electron chi connectivity index (χ1n) is 7.84. The van der Waals surface area contributed by atoms with Crippen LogP contribution in [0.25, 0.3) is 0 Å². The van der Waals surface area contributed by atoms with Crippen LogP contribution in [0, 0.1) is 0 Å². The molecule has 0 unspecified atom stereocenters. The smallest absolute Gasteiger partial charge is 0.321 e. The van der Waals surface area contributed by atoms with E-state index in [4.69, 9.17) is 17.0 Å². The molecule has 1 aromatic rings. The van der Waals surface area contributed by atoms with Crippen LogP contribution in [0.3, 0.4) is 0 Å². The third-order valence-corrected chi connectivity index (χ3v) is 5.24. The van der Waals surface area contributed by atoms with E-state index in [-0.39, 0.29) is 36.7 Å². The molecule has 25 heavy (non-hydrogen) atoms. The van der Waals surface area contributed by atoms with Gasteiger partial charge >= 0.3 is 6.01 Å². The summed E-state index contributed by atoms with van der Waals surface area (Å²) in [7, 11) is 1.49. The average molecular weight is 382 g/mol. The average Bonchev–Trinajstić information content (AvgIpc) is 3.25. The van der Waals surface area contributed by atoms with Gasteiger partial charge in [0.15, 0.2) is 5.82 Å². The van der Waals surface area contributed by atoms with Crippen LogP contribution in [0.15, 0.2) is 0 Å². The minimum atomic E-state index is -0.319. The number of thioether (sulfide) groups is 1. The fourth-order valence-electron chi connectivity index (χ4n) is 2.53. The summed E-state index contributed by atoms with van der Waals surface area (Å²) in [5.74, 6) is 0.784. The predicted molar refractivity (Wildman–Crippen MR) is 96.4 cm³/mol. The molecule has 0 spiro atoms. The largest absolute Gasteiger partial charge is 0.467 e. The molecule has 2 aliphatic rings. The molecule has 3 rings (SSSR count). The minimum Gasteiger partial charge on any atom is -0.467 e. The van der Waals surface area contributed by atoms with E-state index in [1.54, 1.807) is 0 Å². The zero-order chi connectivity index (χ0) is 17.8. The number of rotatable bonds is 6. The van der Waals surface area contributed by atoms with Gasteiger partial charge in [-0.05, 0) is 12.8 Å². The number of carbonyl (C=O) groups excluding carboxylic acids is 2. The molecule has 3 heterocycles. The Balaban J connectivity index is 1.62. The summed E-state index contributed by atoms with van der Waals surface area (Å²) in [6.07, 6.45) is 2.20. The number of aromatic nitrogens is 3. The zero-order valence-electron chi connectivity index (χ0n) is 13.7. The Morgan fingerprint density at radius 1 is 1.32 bits per heavy atom. The molecule has 0 saturated carbocycles. The first-order valence-corrected chi connectivity index (χ1v) is 9.24. The summed E-state index contributed by atoms with van der Waals surface area (Å²) in [5, 5.41) is 2.71. The Morgan fingerprint density at radius 3 is 2.72 bits per heavy atom. The van der Waals surface area contributed by atoms with Crippen LogP contribution in [0.2, 0.25) is 0 Å². The van der Waals surface area contributed by atoms with Crippen LogP contribution < -0.4 is 15.0 Å². The van der Waals surface area contributed by atoms with Gasteiger partial charge in [0.25, 0.3) is 0 Å². The van der Waals surface area contributed by atoms with Gasteiger partial charge in [0.2, 0.25) is 17.8 Å². The molecule has 0 aromatic carbocycles. The second-order valence-corrected chi connectivity index (χ2v) is 7.15. The third kappa shape index (κ3) is 4.34. The van der Waals surface area contributed by atoms with E-state index < -0.39 is 0 Å². The van der Waals surface area contributed by atoms with Crippen molar-refractivity contribution in [2.75, 3.05) is 37.4 Å². The Labute approximate surface area is 154 Å². The highest BCUT2D eigenvalue weighted by Crippen LogP contribution is 2.19. The fourth-order valence-corrected chi connectivity index (χ4v) is 3.59. The second-order valence-electron chi connectivity index (χ2n) is 5.54. The van der Waals surface area contributed by atoms with Crippen molar-refractivity contribution in [2.45, 2.75) is 19.4 Å². The number of carbonyl (C=O) groups is 2. The molecule has 2 saturated heterocycles. The summed E-state index contributed by atoms with van der Waals surface area (Å²) >= 11 is 6.32. The maximum Gasteiger partial charge on any atom is 0.321 e. The van der Waals surface area contributed by atoms with Crippen molar-refractivity contribution in [1.29, 1.82) is 0 Å². The first-order chi connectivity index (χ1) is 12.1. The van der Waals surface area contributed by atoms with Crippen molar-refractivity contribution in [3.63, 3.8) is 0 Å². The number of thiocarbonyl (C=S) groups is 1. The van der Waals surface area contributed by atoms with E-state index in [2.05, 4.69) is 25.2 Å². The molecule has 134 valence electrons. The van der Waals surface area contributed by atoms with Crippen LogP contribution in [-0.2, 0) is 16.1 Å². The monoisotopic (exact) mass is 382 g/mol. The highest BCUT2D eigenvalue weighted by Gasteiger charge is 2.28. The molecule has 9 nitrogen and oxygen atoms in total. The maximum absolute atomic E-state index is 12.1. The topological polar surface area (TPSA) is 101 Å². The molecule has 0 atom stereocenters. The molecule has 2 fully saturated rings. The Morgan fingerprint density at radius 2 is 2.08 bits per heavy atom. The minimum absolute atomic E-state index is 0.0914. The molecule has 0 bridgehead atoms. The number of methoxy groups -OCH3 is 1. The summed E-state index contributed by atoms with van der Waals surface area (Å²) in [4.78, 5) is 39.9. The lowest BCUT2D eigenvalue weighted by atomic mass is 10.4. The lowest BCUT2D eigenvalue weighted by Gasteiger charge is -2.17. The molecule has 2 aliphatic heterocycles. The van der Waals surface area contributed by atoms with Crippen LogP contribution in [-0.4, -0.2) is 68.5 Å². The standard InChI is InChI=1S/C14H18N6O3S2/c1-23-13-17-9(16-12(18-13)19-4-2-3-5-19)6-15-10(21)7-20-11(22)8-25-14(20)24/h2-8H2,1H3,(H,15,21). The molecule has 2 amide bonds. The van der Waals surface area contributed by atoms with Crippen molar-refractivity contribution in [2.24, 2.45) is 0 Å². The van der Waals surface area contributed by atoms with Gasteiger partial charge in [0, 0.05) is 13.1 Å². The van der Waals surface area contributed by atoms with E-state index in [9.17, 15) is 9.59 Å². The van der Waals surface area contributed by atoms with Gasteiger partial charge in [-0.25, -0.2) is 0 Å². The Bertz CT molecular complexity index is 679. The van der Waals surface area contributed by atoms with Gasteiger partial charge in [-0.3, -0.25) is 14.5 Å². The number of nitrogens with one attached hydrogen (secondary N) is 1. The number of hydrogen-bond acceptors (Lipinski definition) is 9. The van der Waals surface area contributed by atoms with Crippen LogP contribution in [0.5, 0.6) is 6.01 Å². The molecule has 1 N–H and O–H groups in total. The molecule has 0 radical (unpaired) electrons. The van der Waals surface area contributed by atoms with Crippen molar-refractivity contribution in [3.8, 4) is 6.01 Å². The SMILES string of the molecule is COc1nc(CNC(=O)CN2C(=O)CSC2=S)nc(N2CCCC2)n1. The highest BCUT2D eigenvalue weighted by atomic mass is 32.2. The Kier molecular flexibility index (Phi) is 5.63. The highest BCUT2D eigenvalue weighted by molar-refractivity contribution is 8.23. The third-order valence-electron chi connectivity index (χ3n) is 3.81. The normalized spacial score (nSPS) is 17.3. The van der Waals surface area contributed by atoms with E-state index in [1.807, 2.05) is 0 Å². The predicted octanol–water partition coefficient (Wildman–Crippen LogP) is -0.0431. The van der Waals surface area contributed by atoms with E-state index >= 15 is 0 Å². The number of anilines is 1. The van der Waals surface area contributed by atoms with Crippen LogP contribution in [0.4, 0.5) is 5.95 Å². The van der Waals surface area contributed by atoms with Crippen molar-refractivity contribution < 1.29 is 14.3 Å². The van der Waals surface area contributed by atoms with Crippen molar-refractivity contribution in [1.82, 2.24) is 25.2 Å². The summed E-state index contributed by atoms with van der Waals surface area (Å²) < 4.78 is 5.55. The fraction of sp³-hybridized carbons (Fsp3) is 0.571. The lowest BCUT2D eigenvalue weighted by Crippen LogP contribution is -2.39. The molecule has 11 heteroatoms. The number of nitrogens with zero attached hydrogens (tertiary/aromatic N) is 5. The molecular weight excluding hydrogens is 364 g/mol. The van der Waals surface area contributed by atoms with Gasteiger partial charge in [-0.15, -0.1) is 0 Å². The number of amides is 2. The van der Waals surface area contributed by atoms with E-state index in [1.165, 1.54) is 23.8 Å². The second kappa shape index (κ2) is 7.91. The summed E-state index contributed by atoms with van der Waals surface area (Å²) in [6.45, 7) is 1.82. The van der Waals surface area contributed by atoms with Crippen molar-refractivity contribution in [3.05, 3.63) is 5.82 Å². The van der Waals surface area contributed by atoms with Crippen LogP contribution in [0.1, 0.15) is 18.7 Å². The molecule has 0 aliphatic carbocycles. The van der Waals surface area contributed by atoms with Gasteiger partial charge in [-0.1, -0.05) is 24.0 Å². The summed E-state index contributed by atoms with van der Waals surface area (Å²) in [5.41, 5.74) is 0. The lowest BCUT2D eigenvalue weighted by molar-refractivity contribution is -0.129.